The number of thiazole rings is 1. The number of para-hydroxylation sites is 1. The van der Waals surface area contributed by atoms with Crippen LogP contribution in [0.15, 0.2) is 41.4 Å². The van der Waals surface area contributed by atoms with Crippen molar-refractivity contribution in [2.75, 3.05) is 6.61 Å². The van der Waals surface area contributed by atoms with Crippen molar-refractivity contribution in [2.45, 2.75) is 13.5 Å². The van der Waals surface area contributed by atoms with Crippen LogP contribution >= 0.6 is 22.9 Å². The summed E-state index contributed by atoms with van der Waals surface area (Å²) in [5.41, 5.74) is -0.701. The Bertz CT molecular complexity index is 1200. The van der Waals surface area contributed by atoms with E-state index < -0.39 is 28.3 Å². The molecular formula is C18H13ClFN3O5S. The number of carbonyl (C=O) groups is 2. The van der Waals surface area contributed by atoms with Gasteiger partial charge in [0.15, 0.2) is 4.80 Å². The lowest BCUT2D eigenvalue weighted by atomic mass is 10.2. The zero-order valence-electron chi connectivity index (χ0n) is 14.9. The predicted molar refractivity (Wildman–Crippen MR) is 104 cm³/mol. The summed E-state index contributed by atoms with van der Waals surface area (Å²) >= 11 is 6.82. The maximum absolute atomic E-state index is 14.4. The van der Waals surface area contributed by atoms with Crippen molar-refractivity contribution in [1.82, 2.24) is 4.57 Å². The van der Waals surface area contributed by atoms with Crippen molar-refractivity contribution in [3.63, 3.8) is 0 Å². The van der Waals surface area contributed by atoms with Crippen LogP contribution in [-0.4, -0.2) is 28.0 Å². The molecule has 2 aromatic carbocycles. The number of nitrogens with zero attached hydrogens (tertiary/aromatic N) is 3. The molecule has 8 nitrogen and oxygen atoms in total. The van der Waals surface area contributed by atoms with Gasteiger partial charge in [0.1, 0.15) is 17.9 Å². The lowest BCUT2D eigenvalue weighted by Crippen LogP contribution is -2.23. The van der Waals surface area contributed by atoms with Crippen LogP contribution in [0, 0.1) is 15.9 Å². The largest absolute Gasteiger partial charge is 0.465 e. The Morgan fingerprint density at radius 3 is 2.79 bits per heavy atom. The highest BCUT2D eigenvalue weighted by Gasteiger charge is 2.21. The van der Waals surface area contributed by atoms with Gasteiger partial charge in [-0.25, -0.2) is 4.39 Å². The standard InChI is InChI=1S/C18H13ClFN3O5S/c1-2-28-15(24)9-22-16-12(20)4-3-5-14(16)29-18(22)21-17(25)11-8-10(19)6-7-13(11)23(26)27/h3-8H,2,9H2,1H3. The molecule has 0 aliphatic heterocycles. The molecule has 0 spiro atoms. The number of aromatic nitrogens is 1. The van der Waals surface area contributed by atoms with Crippen LogP contribution in [-0.2, 0) is 16.1 Å². The molecule has 0 saturated carbocycles. The number of hydrogen-bond acceptors (Lipinski definition) is 6. The molecule has 11 heteroatoms. The zero-order valence-corrected chi connectivity index (χ0v) is 16.5. The van der Waals surface area contributed by atoms with Gasteiger partial charge in [-0.15, -0.1) is 0 Å². The molecule has 0 N–H and O–H groups in total. The number of fused-ring (bicyclic) bond motifs is 1. The first-order valence-corrected chi connectivity index (χ1v) is 9.47. The molecule has 1 amide bonds. The maximum atomic E-state index is 14.4. The summed E-state index contributed by atoms with van der Waals surface area (Å²) < 4.78 is 20.9. The molecule has 150 valence electrons. The van der Waals surface area contributed by atoms with Gasteiger partial charge in [0.2, 0.25) is 0 Å². The van der Waals surface area contributed by atoms with E-state index in [9.17, 15) is 24.1 Å². The first-order chi connectivity index (χ1) is 13.8. The summed E-state index contributed by atoms with van der Waals surface area (Å²) in [7, 11) is 0. The van der Waals surface area contributed by atoms with Crippen molar-refractivity contribution in [1.29, 1.82) is 0 Å². The smallest absolute Gasteiger partial charge is 0.326 e. The zero-order chi connectivity index (χ0) is 21.1. The summed E-state index contributed by atoms with van der Waals surface area (Å²) in [4.78, 5) is 39.0. The topological polar surface area (TPSA) is 104 Å². The Kier molecular flexibility index (Phi) is 6.04. The molecule has 0 aliphatic carbocycles. The number of benzene rings is 2. The normalized spacial score (nSPS) is 11.6. The highest BCUT2D eigenvalue weighted by molar-refractivity contribution is 7.16. The third kappa shape index (κ3) is 4.33. The lowest BCUT2D eigenvalue weighted by Gasteiger charge is -2.05. The predicted octanol–water partition coefficient (Wildman–Crippen LogP) is 3.71. The summed E-state index contributed by atoms with van der Waals surface area (Å²) in [6.45, 7) is 1.38. The number of halogens is 2. The van der Waals surface area contributed by atoms with E-state index >= 15 is 0 Å². The second kappa shape index (κ2) is 8.50. The van der Waals surface area contributed by atoms with Crippen LogP contribution in [0.25, 0.3) is 10.2 Å². The molecule has 0 bridgehead atoms. The monoisotopic (exact) mass is 437 g/mol. The number of ether oxygens (including phenoxy) is 1. The van der Waals surface area contributed by atoms with Crippen LogP contribution in [0.2, 0.25) is 5.02 Å². The molecule has 0 radical (unpaired) electrons. The molecule has 3 rings (SSSR count). The van der Waals surface area contributed by atoms with Crippen molar-refractivity contribution in [3.8, 4) is 0 Å². The molecule has 1 aromatic heterocycles. The Hall–Kier alpha value is -3.11. The van der Waals surface area contributed by atoms with Crippen LogP contribution < -0.4 is 4.80 Å². The summed E-state index contributed by atoms with van der Waals surface area (Å²) in [5.74, 6) is -2.19. The number of nitro groups is 1. The van der Waals surface area contributed by atoms with E-state index in [1.807, 2.05) is 0 Å². The van der Waals surface area contributed by atoms with Gasteiger partial charge in [0, 0.05) is 11.1 Å². The van der Waals surface area contributed by atoms with E-state index in [0.29, 0.717) is 4.70 Å². The second-order valence-corrected chi connectivity index (χ2v) is 7.14. The minimum absolute atomic E-state index is 0.00238. The van der Waals surface area contributed by atoms with E-state index in [0.717, 1.165) is 23.5 Å². The second-order valence-electron chi connectivity index (χ2n) is 5.70. The minimum atomic E-state index is -0.941. The quantitative estimate of drug-likeness (QED) is 0.344. The summed E-state index contributed by atoms with van der Waals surface area (Å²) in [6, 6.07) is 7.82. The Labute approximate surface area is 172 Å². The number of nitro benzene ring substituents is 1. The SMILES string of the molecule is CCOC(=O)Cn1c(=NC(=O)c2cc(Cl)ccc2[N+](=O)[O-])sc2cccc(F)c21. The van der Waals surface area contributed by atoms with Crippen molar-refractivity contribution >= 4 is 50.7 Å². The average Bonchev–Trinajstić information content (AvgIpc) is 2.99. The Morgan fingerprint density at radius 1 is 1.34 bits per heavy atom. The van der Waals surface area contributed by atoms with E-state index in [-0.39, 0.29) is 34.1 Å². The lowest BCUT2D eigenvalue weighted by molar-refractivity contribution is -0.385. The third-order valence-electron chi connectivity index (χ3n) is 3.83. The molecule has 1 heterocycles. The van der Waals surface area contributed by atoms with Crippen LogP contribution in [0.1, 0.15) is 17.3 Å². The molecule has 3 aromatic rings. The average molecular weight is 438 g/mol. The molecule has 0 fully saturated rings. The fraction of sp³-hybridized carbons (Fsp3) is 0.167. The fourth-order valence-electron chi connectivity index (χ4n) is 2.64. The van der Waals surface area contributed by atoms with Crippen LogP contribution in [0.5, 0.6) is 0 Å². The van der Waals surface area contributed by atoms with Gasteiger partial charge in [-0.05, 0) is 31.2 Å². The van der Waals surface area contributed by atoms with E-state index in [2.05, 4.69) is 4.99 Å². The Morgan fingerprint density at radius 2 is 2.10 bits per heavy atom. The fourth-order valence-corrected chi connectivity index (χ4v) is 3.85. The van der Waals surface area contributed by atoms with Crippen LogP contribution in [0.4, 0.5) is 10.1 Å². The molecule has 29 heavy (non-hydrogen) atoms. The number of esters is 1. The number of rotatable bonds is 5. The number of carbonyl (C=O) groups excluding carboxylic acids is 2. The van der Waals surface area contributed by atoms with Gasteiger partial charge in [0.05, 0.1) is 21.7 Å². The minimum Gasteiger partial charge on any atom is -0.465 e. The first-order valence-electron chi connectivity index (χ1n) is 8.28. The van der Waals surface area contributed by atoms with Gasteiger partial charge in [0.25, 0.3) is 11.6 Å². The van der Waals surface area contributed by atoms with Gasteiger partial charge in [-0.3, -0.25) is 19.7 Å². The van der Waals surface area contributed by atoms with Gasteiger partial charge in [-0.1, -0.05) is 29.0 Å². The maximum Gasteiger partial charge on any atom is 0.326 e. The van der Waals surface area contributed by atoms with Crippen LogP contribution in [0.3, 0.4) is 0 Å². The third-order valence-corrected chi connectivity index (χ3v) is 5.11. The summed E-state index contributed by atoms with van der Waals surface area (Å²) in [6.07, 6.45) is 0. The van der Waals surface area contributed by atoms with Crippen molar-refractivity contribution in [3.05, 3.63) is 67.7 Å². The van der Waals surface area contributed by atoms with Crippen molar-refractivity contribution < 1.29 is 23.6 Å². The number of amides is 1. The van der Waals surface area contributed by atoms with E-state index in [4.69, 9.17) is 16.3 Å². The Balaban J connectivity index is 2.19. The van der Waals surface area contributed by atoms with Crippen molar-refractivity contribution in [2.24, 2.45) is 4.99 Å². The highest BCUT2D eigenvalue weighted by Crippen LogP contribution is 2.24. The molecular weight excluding hydrogens is 425 g/mol. The molecule has 0 unspecified atom stereocenters. The van der Waals surface area contributed by atoms with E-state index in [1.54, 1.807) is 13.0 Å². The van der Waals surface area contributed by atoms with Gasteiger partial charge < -0.3 is 9.30 Å². The molecule has 0 saturated heterocycles. The van der Waals surface area contributed by atoms with Gasteiger partial charge >= 0.3 is 5.97 Å². The molecule has 0 atom stereocenters. The first kappa shape index (κ1) is 20.6. The highest BCUT2D eigenvalue weighted by atomic mass is 35.5. The van der Waals surface area contributed by atoms with E-state index in [1.165, 1.54) is 22.8 Å². The molecule has 0 aliphatic rings. The van der Waals surface area contributed by atoms with Gasteiger partial charge in [-0.2, -0.15) is 4.99 Å². The summed E-state index contributed by atoms with van der Waals surface area (Å²) in [5, 5.41) is 11.3. The number of hydrogen-bond donors (Lipinski definition) is 0.